The highest BCUT2D eigenvalue weighted by atomic mass is 16.5. The van der Waals surface area contributed by atoms with Crippen molar-refractivity contribution in [3.8, 4) is 0 Å². The molecule has 0 aromatic rings. The van der Waals surface area contributed by atoms with Crippen molar-refractivity contribution >= 4 is 5.91 Å². The first-order valence-corrected chi connectivity index (χ1v) is 6.99. The summed E-state index contributed by atoms with van der Waals surface area (Å²) in [4.78, 5) is 14.1. The predicted molar refractivity (Wildman–Crippen MR) is 64.7 cm³/mol. The molecule has 3 rings (SSSR count). The predicted octanol–water partition coefficient (Wildman–Crippen LogP) is 0.908. The summed E-state index contributed by atoms with van der Waals surface area (Å²) < 4.78 is 5.70. The van der Waals surface area contributed by atoms with Crippen molar-refractivity contribution in [3.05, 3.63) is 0 Å². The Kier molecular flexibility index (Phi) is 3.34. The van der Waals surface area contributed by atoms with Gasteiger partial charge in [0.2, 0.25) is 5.91 Å². The van der Waals surface area contributed by atoms with E-state index >= 15 is 0 Å². The van der Waals surface area contributed by atoms with Crippen LogP contribution in [0.5, 0.6) is 0 Å². The molecule has 4 nitrogen and oxygen atoms in total. The zero-order valence-corrected chi connectivity index (χ0v) is 10.4. The van der Waals surface area contributed by atoms with E-state index in [0.29, 0.717) is 11.9 Å². The highest BCUT2D eigenvalue weighted by Crippen LogP contribution is 2.23. The molecule has 3 aliphatic rings. The third-order valence-electron chi connectivity index (χ3n) is 4.01. The van der Waals surface area contributed by atoms with Crippen LogP contribution in [-0.2, 0) is 9.53 Å². The van der Waals surface area contributed by atoms with Crippen LogP contribution in [0.25, 0.3) is 0 Å². The van der Waals surface area contributed by atoms with Gasteiger partial charge in [0, 0.05) is 25.7 Å². The fourth-order valence-corrected chi connectivity index (χ4v) is 2.81. The molecule has 17 heavy (non-hydrogen) atoms. The number of nitrogens with zero attached hydrogens (tertiary/aromatic N) is 1. The first-order chi connectivity index (χ1) is 8.33. The Hall–Kier alpha value is -0.610. The average Bonchev–Trinajstić information content (AvgIpc) is 3.11. The minimum absolute atomic E-state index is 0.0890. The number of hydrogen-bond acceptors (Lipinski definition) is 3. The van der Waals surface area contributed by atoms with Gasteiger partial charge in [0.05, 0.1) is 12.1 Å². The molecule has 2 aliphatic heterocycles. The minimum Gasteiger partial charge on any atom is -0.376 e. The number of rotatable bonds is 4. The number of amides is 1. The van der Waals surface area contributed by atoms with Crippen molar-refractivity contribution in [2.75, 3.05) is 19.7 Å². The smallest absolute Gasteiger partial charge is 0.239 e. The van der Waals surface area contributed by atoms with E-state index in [2.05, 4.69) is 5.32 Å². The van der Waals surface area contributed by atoms with Crippen LogP contribution >= 0.6 is 0 Å². The van der Waals surface area contributed by atoms with Crippen LogP contribution in [0.2, 0.25) is 0 Å². The Balaban J connectivity index is 1.48. The summed E-state index contributed by atoms with van der Waals surface area (Å²) >= 11 is 0. The quantitative estimate of drug-likeness (QED) is 0.791. The summed E-state index contributed by atoms with van der Waals surface area (Å²) in [5.41, 5.74) is 0. The Morgan fingerprint density at radius 1 is 1.24 bits per heavy atom. The molecule has 4 heteroatoms. The van der Waals surface area contributed by atoms with Crippen LogP contribution in [0.1, 0.15) is 38.5 Å². The summed E-state index contributed by atoms with van der Waals surface area (Å²) in [5.74, 6) is 0.297. The lowest BCUT2D eigenvalue weighted by molar-refractivity contribution is -0.131. The molecular formula is C13H22N2O2. The van der Waals surface area contributed by atoms with Gasteiger partial charge in [0.15, 0.2) is 0 Å². The van der Waals surface area contributed by atoms with Crippen LogP contribution in [-0.4, -0.2) is 48.7 Å². The van der Waals surface area contributed by atoms with Gasteiger partial charge in [0.1, 0.15) is 0 Å². The number of hydrogen-bond donors (Lipinski definition) is 1. The lowest BCUT2D eigenvalue weighted by Crippen LogP contribution is -2.42. The van der Waals surface area contributed by atoms with Crippen LogP contribution in [0.3, 0.4) is 0 Å². The van der Waals surface area contributed by atoms with E-state index < -0.39 is 0 Å². The van der Waals surface area contributed by atoms with Crippen molar-refractivity contribution in [1.82, 2.24) is 10.2 Å². The number of nitrogens with one attached hydrogen (secondary N) is 1. The zero-order chi connectivity index (χ0) is 11.7. The van der Waals surface area contributed by atoms with Crippen molar-refractivity contribution < 1.29 is 9.53 Å². The van der Waals surface area contributed by atoms with E-state index in [-0.39, 0.29) is 12.1 Å². The summed E-state index contributed by atoms with van der Waals surface area (Å²) in [6, 6.07) is 0.709. The normalized spacial score (nSPS) is 34.4. The van der Waals surface area contributed by atoms with Crippen LogP contribution in [0, 0.1) is 0 Å². The second-order valence-electron chi connectivity index (χ2n) is 5.56. The first kappa shape index (κ1) is 11.5. The molecule has 0 aromatic carbocycles. The Morgan fingerprint density at radius 2 is 2.12 bits per heavy atom. The summed E-state index contributed by atoms with van der Waals surface area (Å²) in [7, 11) is 0. The van der Waals surface area contributed by atoms with Gasteiger partial charge < -0.3 is 15.0 Å². The standard InChI is InChI=1S/C13H22N2O2/c16-13-12(14-10-4-5-10)6-7-15(13)9-11-3-1-2-8-17-11/h10-12,14H,1-9H2. The molecule has 2 saturated heterocycles. The van der Waals surface area contributed by atoms with Gasteiger partial charge in [-0.15, -0.1) is 0 Å². The van der Waals surface area contributed by atoms with Crippen LogP contribution in [0.15, 0.2) is 0 Å². The molecule has 2 heterocycles. The molecule has 0 bridgehead atoms. The molecular weight excluding hydrogens is 216 g/mol. The molecule has 2 atom stereocenters. The molecule has 0 radical (unpaired) electrons. The van der Waals surface area contributed by atoms with Crippen molar-refractivity contribution in [3.63, 3.8) is 0 Å². The third kappa shape index (κ3) is 2.80. The average molecular weight is 238 g/mol. The minimum atomic E-state index is 0.0890. The molecule has 3 fully saturated rings. The first-order valence-electron chi connectivity index (χ1n) is 6.99. The summed E-state index contributed by atoms with van der Waals surface area (Å²) in [6.45, 7) is 2.58. The molecule has 96 valence electrons. The summed E-state index contributed by atoms with van der Waals surface area (Å²) in [6.07, 6.45) is 7.29. The van der Waals surface area contributed by atoms with E-state index in [4.69, 9.17) is 4.74 Å². The molecule has 2 unspecified atom stereocenters. The Bertz CT molecular complexity index is 285. The molecule has 1 saturated carbocycles. The fraction of sp³-hybridized carbons (Fsp3) is 0.923. The van der Waals surface area contributed by atoms with Gasteiger partial charge in [0.25, 0.3) is 0 Å². The van der Waals surface area contributed by atoms with Crippen LogP contribution < -0.4 is 5.32 Å². The Labute approximate surface area is 103 Å². The van der Waals surface area contributed by atoms with Crippen molar-refractivity contribution in [2.45, 2.75) is 56.7 Å². The third-order valence-corrected chi connectivity index (χ3v) is 4.01. The zero-order valence-electron chi connectivity index (χ0n) is 10.4. The van der Waals surface area contributed by atoms with E-state index in [9.17, 15) is 4.79 Å². The topological polar surface area (TPSA) is 41.6 Å². The molecule has 1 N–H and O–H groups in total. The molecule has 0 spiro atoms. The second-order valence-corrected chi connectivity index (χ2v) is 5.56. The Morgan fingerprint density at radius 3 is 2.82 bits per heavy atom. The number of carbonyl (C=O) groups excluding carboxylic acids is 1. The largest absolute Gasteiger partial charge is 0.376 e. The fourth-order valence-electron chi connectivity index (χ4n) is 2.81. The molecule has 0 aromatic heterocycles. The van der Waals surface area contributed by atoms with Gasteiger partial charge in [-0.25, -0.2) is 0 Å². The van der Waals surface area contributed by atoms with E-state index in [1.807, 2.05) is 4.90 Å². The van der Waals surface area contributed by atoms with E-state index in [0.717, 1.165) is 32.5 Å². The van der Waals surface area contributed by atoms with E-state index in [1.165, 1.54) is 25.7 Å². The molecule has 1 amide bonds. The van der Waals surface area contributed by atoms with Gasteiger partial charge >= 0.3 is 0 Å². The maximum absolute atomic E-state index is 12.2. The maximum atomic E-state index is 12.2. The lowest BCUT2D eigenvalue weighted by Gasteiger charge is -2.27. The number of likely N-dealkylation sites (tertiary alicyclic amines) is 1. The van der Waals surface area contributed by atoms with Gasteiger partial charge in [-0.1, -0.05) is 0 Å². The van der Waals surface area contributed by atoms with Crippen molar-refractivity contribution in [1.29, 1.82) is 0 Å². The highest BCUT2D eigenvalue weighted by Gasteiger charge is 2.36. The lowest BCUT2D eigenvalue weighted by atomic mass is 10.1. The molecule has 1 aliphatic carbocycles. The van der Waals surface area contributed by atoms with Crippen molar-refractivity contribution in [2.24, 2.45) is 0 Å². The maximum Gasteiger partial charge on any atom is 0.239 e. The summed E-state index contributed by atoms with van der Waals surface area (Å²) in [5, 5.41) is 3.44. The highest BCUT2D eigenvalue weighted by molar-refractivity contribution is 5.84. The van der Waals surface area contributed by atoms with Crippen LogP contribution in [0.4, 0.5) is 0 Å². The van der Waals surface area contributed by atoms with Gasteiger partial charge in [-0.2, -0.15) is 0 Å². The number of carbonyl (C=O) groups is 1. The van der Waals surface area contributed by atoms with E-state index in [1.54, 1.807) is 0 Å². The SMILES string of the molecule is O=C1C(NC2CC2)CCN1CC1CCCCO1. The van der Waals surface area contributed by atoms with Gasteiger partial charge in [-0.3, -0.25) is 4.79 Å². The second kappa shape index (κ2) is 4.94. The van der Waals surface area contributed by atoms with Gasteiger partial charge in [-0.05, 0) is 38.5 Å². The monoisotopic (exact) mass is 238 g/mol. The number of ether oxygens (including phenoxy) is 1.